The van der Waals surface area contributed by atoms with E-state index in [9.17, 15) is 13.2 Å². The predicted molar refractivity (Wildman–Crippen MR) is 181 cm³/mol. The van der Waals surface area contributed by atoms with Crippen molar-refractivity contribution in [1.82, 2.24) is 0 Å². The largest absolute Gasteiger partial charge is 0.207 e. The van der Waals surface area contributed by atoms with E-state index in [1.807, 2.05) is 54.6 Å². The molecule has 0 spiro atoms. The van der Waals surface area contributed by atoms with Crippen molar-refractivity contribution in [2.75, 3.05) is 0 Å². The van der Waals surface area contributed by atoms with E-state index in [1.165, 1.54) is 36.4 Å². The monoisotopic (exact) mass is 602 g/mol. The Morgan fingerprint density at radius 3 is 1.63 bits per heavy atom. The Bertz CT molecular complexity index is 2650. The first-order valence-corrected chi connectivity index (χ1v) is 15.0. The molecule has 0 saturated heterocycles. The summed E-state index contributed by atoms with van der Waals surface area (Å²) < 4.78 is 58.8. The van der Waals surface area contributed by atoms with Gasteiger partial charge in [-0.1, -0.05) is 91.0 Å². The van der Waals surface area contributed by atoms with Crippen molar-refractivity contribution >= 4 is 53.9 Å². The Hall–Kier alpha value is -5.74. The fraction of sp³-hybridized carbons (Fsp3) is 0. The van der Waals surface area contributed by atoms with Crippen LogP contribution in [-0.2, 0) is 0 Å². The van der Waals surface area contributed by atoms with Gasteiger partial charge in [-0.15, -0.1) is 0 Å². The molecule has 0 nitrogen and oxygen atoms in total. The minimum absolute atomic E-state index is 0.331. The van der Waals surface area contributed by atoms with Crippen molar-refractivity contribution in [3.63, 3.8) is 0 Å². The van der Waals surface area contributed by atoms with Crippen LogP contribution >= 0.6 is 0 Å². The number of fused-ring (bicyclic) bond motifs is 2. The van der Waals surface area contributed by atoms with E-state index in [0.29, 0.717) is 10.8 Å². The quantitative estimate of drug-likeness (QED) is 0.107. The molecule has 0 amide bonds. The van der Waals surface area contributed by atoms with Gasteiger partial charge in [0.05, 0.1) is 0 Å². The van der Waals surface area contributed by atoms with Gasteiger partial charge in [-0.3, -0.25) is 0 Å². The molecule has 9 aromatic carbocycles. The van der Waals surface area contributed by atoms with Gasteiger partial charge in [0, 0.05) is 10.8 Å². The van der Waals surface area contributed by atoms with Crippen LogP contribution in [0.3, 0.4) is 0 Å². The Morgan fingerprint density at radius 1 is 0.326 bits per heavy atom. The summed E-state index contributed by atoms with van der Waals surface area (Å²) in [6.45, 7) is 0. The molecule has 4 heteroatoms. The lowest BCUT2D eigenvalue weighted by Gasteiger charge is -2.21. The second-order valence-corrected chi connectivity index (χ2v) is 11.8. The molecule has 0 aliphatic heterocycles. The Labute approximate surface area is 261 Å². The van der Waals surface area contributed by atoms with Gasteiger partial charge in [0.25, 0.3) is 0 Å². The average molecular weight is 603 g/mol. The first-order valence-electron chi connectivity index (χ1n) is 15.0. The van der Waals surface area contributed by atoms with Crippen molar-refractivity contribution in [2.45, 2.75) is 0 Å². The summed E-state index contributed by atoms with van der Waals surface area (Å²) in [5.74, 6) is -1.39. The molecule has 0 unspecified atom stereocenters. The van der Waals surface area contributed by atoms with Crippen molar-refractivity contribution < 1.29 is 17.6 Å². The highest BCUT2D eigenvalue weighted by Gasteiger charge is 2.22. The van der Waals surface area contributed by atoms with Gasteiger partial charge < -0.3 is 0 Å². The van der Waals surface area contributed by atoms with Crippen molar-refractivity contribution in [1.29, 1.82) is 0 Å². The molecule has 0 atom stereocenters. The summed E-state index contributed by atoms with van der Waals surface area (Å²) >= 11 is 0. The lowest BCUT2D eigenvalue weighted by Crippen LogP contribution is -1.95. The molecule has 46 heavy (non-hydrogen) atoms. The first-order chi connectivity index (χ1) is 22.5. The molecule has 0 saturated carbocycles. The van der Waals surface area contributed by atoms with Gasteiger partial charge in [0.15, 0.2) is 0 Å². The Balaban J connectivity index is 1.42. The third-order valence-electron chi connectivity index (χ3n) is 9.27. The molecule has 0 aromatic heterocycles. The number of benzene rings is 9. The fourth-order valence-electron chi connectivity index (χ4n) is 7.31. The molecule has 218 valence electrons. The second kappa shape index (κ2) is 9.88. The highest BCUT2D eigenvalue weighted by atomic mass is 19.1. The van der Waals surface area contributed by atoms with Crippen LogP contribution in [0.25, 0.3) is 87.2 Å². The van der Waals surface area contributed by atoms with Crippen LogP contribution in [-0.4, -0.2) is 0 Å². The maximum Gasteiger partial charge on any atom is 0.131 e. The van der Waals surface area contributed by atoms with Gasteiger partial charge in [-0.25, -0.2) is 17.6 Å². The number of halogens is 4. The van der Waals surface area contributed by atoms with Gasteiger partial charge >= 0.3 is 0 Å². The molecular formula is C42H22F4. The molecule has 0 aliphatic carbocycles. The van der Waals surface area contributed by atoms with Crippen LogP contribution in [0.5, 0.6) is 0 Å². The molecule has 0 radical (unpaired) electrons. The van der Waals surface area contributed by atoms with Crippen molar-refractivity contribution in [2.24, 2.45) is 0 Å². The minimum atomic E-state index is -0.372. The van der Waals surface area contributed by atoms with Crippen LogP contribution in [0.4, 0.5) is 17.6 Å². The zero-order valence-electron chi connectivity index (χ0n) is 24.2. The van der Waals surface area contributed by atoms with E-state index in [0.717, 1.165) is 76.5 Å². The predicted octanol–water partition coefficient (Wildman–Crippen LogP) is 12.4. The summed E-state index contributed by atoms with van der Waals surface area (Å²) in [6.07, 6.45) is 0. The summed E-state index contributed by atoms with van der Waals surface area (Å²) in [7, 11) is 0. The van der Waals surface area contributed by atoms with Gasteiger partial charge in [-0.05, 0) is 119 Å². The van der Waals surface area contributed by atoms with E-state index < -0.39 is 0 Å². The zero-order valence-corrected chi connectivity index (χ0v) is 24.2. The summed E-state index contributed by atoms with van der Waals surface area (Å²) in [5, 5.41) is 8.22. The molecule has 0 N–H and O–H groups in total. The van der Waals surface area contributed by atoms with Gasteiger partial charge in [0.2, 0.25) is 0 Å². The molecule has 9 aromatic rings. The summed E-state index contributed by atoms with van der Waals surface area (Å²) in [4.78, 5) is 0. The highest BCUT2D eigenvalue weighted by molar-refractivity contribution is 6.30. The summed E-state index contributed by atoms with van der Waals surface area (Å²) in [6, 6.07) is 38.7. The van der Waals surface area contributed by atoms with E-state index in [2.05, 4.69) is 6.07 Å². The topological polar surface area (TPSA) is 0 Å². The lowest BCUT2D eigenvalue weighted by molar-refractivity contribution is 0.627. The smallest absolute Gasteiger partial charge is 0.131 e. The Kier molecular flexibility index (Phi) is 5.72. The fourth-order valence-corrected chi connectivity index (χ4v) is 7.31. The standard InChI is InChI=1S/C42H22F4/c43-26-11-5-23(6-12-26)29-16-9-25-10-17-33-32(19-20-35-38(46)22-37(29)40(25)42(33)35)41-31-4-2-1-3-30(31)39(24-7-13-27(44)14-8-24)36-21-28(45)15-18-34(36)41/h1-22H. The van der Waals surface area contributed by atoms with Crippen molar-refractivity contribution in [3.8, 4) is 33.4 Å². The van der Waals surface area contributed by atoms with Crippen LogP contribution in [0.15, 0.2) is 133 Å². The molecule has 0 heterocycles. The van der Waals surface area contributed by atoms with Crippen molar-refractivity contribution in [3.05, 3.63) is 157 Å². The summed E-state index contributed by atoms with van der Waals surface area (Å²) in [5.41, 5.74) is 5.03. The molecule has 0 fully saturated rings. The highest BCUT2D eigenvalue weighted by Crippen LogP contribution is 2.48. The SMILES string of the molecule is Fc1ccc(-c2c3ccccc3c(-c3ccc4c(F)cc5c(-c6ccc(F)cc6)ccc6ccc3c4c65)c3ccc(F)cc23)cc1. The molecule has 0 bridgehead atoms. The van der Waals surface area contributed by atoms with E-state index in [-0.39, 0.29) is 23.3 Å². The van der Waals surface area contributed by atoms with E-state index in [1.54, 1.807) is 36.4 Å². The molecule has 0 aliphatic rings. The zero-order chi connectivity index (χ0) is 31.1. The molecule has 9 rings (SSSR count). The van der Waals surface area contributed by atoms with Crippen LogP contribution < -0.4 is 0 Å². The normalized spacial score (nSPS) is 11.9. The second-order valence-electron chi connectivity index (χ2n) is 11.8. The third-order valence-corrected chi connectivity index (χ3v) is 9.27. The van der Waals surface area contributed by atoms with Gasteiger partial charge in [-0.2, -0.15) is 0 Å². The number of hydrogen-bond acceptors (Lipinski definition) is 0. The number of rotatable bonds is 3. The average Bonchev–Trinajstić information content (AvgIpc) is 3.07. The third kappa shape index (κ3) is 3.86. The number of hydrogen-bond donors (Lipinski definition) is 0. The maximum absolute atomic E-state index is 16.0. The van der Waals surface area contributed by atoms with Gasteiger partial charge in [0.1, 0.15) is 23.3 Å². The van der Waals surface area contributed by atoms with Crippen LogP contribution in [0, 0.1) is 23.3 Å². The first kappa shape index (κ1) is 26.6. The van der Waals surface area contributed by atoms with Crippen LogP contribution in [0.2, 0.25) is 0 Å². The van der Waals surface area contributed by atoms with E-state index in [4.69, 9.17) is 0 Å². The maximum atomic E-state index is 16.0. The van der Waals surface area contributed by atoms with Crippen LogP contribution in [0.1, 0.15) is 0 Å². The lowest BCUT2D eigenvalue weighted by atomic mass is 9.82. The Morgan fingerprint density at radius 2 is 0.891 bits per heavy atom. The van der Waals surface area contributed by atoms with E-state index >= 15 is 4.39 Å². The molecular weight excluding hydrogens is 580 g/mol. The minimum Gasteiger partial charge on any atom is -0.207 e.